The summed E-state index contributed by atoms with van der Waals surface area (Å²) in [6, 6.07) is 0. The van der Waals surface area contributed by atoms with E-state index in [0.29, 0.717) is 13.0 Å². The minimum atomic E-state index is -0.810. The molecule has 0 aliphatic carbocycles. The zero-order chi connectivity index (χ0) is 8.91. The predicted octanol–water partition coefficient (Wildman–Crippen LogP) is 1.07. The molecular weight excluding hydrogens is 142 g/mol. The lowest BCUT2D eigenvalue weighted by atomic mass is 10.0. The molecule has 0 saturated carbocycles. The van der Waals surface area contributed by atoms with Crippen molar-refractivity contribution in [3.63, 3.8) is 0 Å². The first kappa shape index (κ1) is 10.4. The van der Waals surface area contributed by atoms with Gasteiger partial charge in [-0.2, -0.15) is 0 Å². The number of nitrogens with two attached hydrogens (primary N) is 1. The molecule has 0 fully saturated rings. The van der Waals surface area contributed by atoms with Crippen molar-refractivity contribution >= 4 is 5.97 Å². The number of carbonyl (C=O) groups is 1. The minimum absolute atomic E-state index is 0.304. The highest BCUT2D eigenvalue weighted by molar-refractivity contribution is 5.79. The fraction of sp³-hybridized carbons (Fsp3) is 0.875. The van der Waals surface area contributed by atoms with Gasteiger partial charge in [0, 0.05) is 0 Å². The Bertz CT molecular complexity index is 132. The summed E-state index contributed by atoms with van der Waals surface area (Å²) in [5.41, 5.74) is 4.82. The normalized spacial score (nSPS) is 15.6. The topological polar surface area (TPSA) is 52.3 Å². The van der Waals surface area contributed by atoms with Crippen LogP contribution in [0.3, 0.4) is 0 Å². The maximum Gasteiger partial charge on any atom is 0.325 e. The molecule has 0 heterocycles. The molecule has 0 aliphatic rings. The van der Waals surface area contributed by atoms with Gasteiger partial charge >= 0.3 is 5.97 Å². The van der Waals surface area contributed by atoms with E-state index in [9.17, 15) is 4.79 Å². The molecule has 1 atom stereocenters. The van der Waals surface area contributed by atoms with Crippen LogP contribution < -0.4 is 5.73 Å². The number of ether oxygens (including phenoxy) is 1. The van der Waals surface area contributed by atoms with Crippen molar-refractivity contribution in [2.45, 2.75) is 39.2 Å². The van der Waals surface area contributed by atoms with Crippen molar-refractivity contribution in [3.8, 4) is 0 Å². The zero-order valence-electron chi connectivity index (χ0n) is 7.52. The summed E-state index contributed by atoms with van der Waals surface area (Å²) in [6.45, 7) is 5.97. The van der Waals surface area contributed by atoms with Gasteiger partial charge in [0.25, 0.3) is 0 Å². The number of carbonyl (C=O) groups excluding carboxylic acids is 1. The van der Waals surface area contributed by atoms with Gasteiger partial charge in [-0.05, 0) is 19.8 Å². The van der Waals surface area contributed by atoms with Crippen molar-refractivity contribution in [2.24, 2.45) is 5.73 Å². The van der Waals surface area contributed by atoms with E-state index in [1.807, 2.05) is 13.8 Å². The van der Waals surface area contributed by atoms with E-state index in [4.69, 9.17) is 10.5 Å². The third-order valence-electron chi connectivity index (χ3n) is 1.64. The van der Waals surface area contributed by atoms with Crippen LogP contribution in [0.15, 0.2) is 0 Å². The predicted molar refractivity (Wildman–Crippen MR) is 44.1 cm³/mol. The smallest absolute Gasteiger partial charge is 0.325 e. The fourth-order valence-electron chi connectivity index (χ4n) is 0.504. The summed E-state index contributed by atoms with van der Waals surface area (Å²) in [5.74, 6) is -0.304. The van der Waals surface area contributed by atoms with Crippen LogP contribution in [0, 0.1) is 0 Å². The molecule has 0 saturated heterocycles. The average molecular weight is 159 g/mol. The van der Waals surface area contributed by atoms with Crippen LogP contribution in [0.5, 0.6) is 0 Å². The van der Waals surface area contributed by atoms with Crippen LogP contribution >= 0.6 is 0 Å². The van der Waals surface area contributed by atoms with Gasteiger partial charge in [-0.1, -0.05) is 13.8 Å². The van der Waals surface area contributed by atoms with Gasteiger partial charge in [0.15, 0.2) is 0 Å². The van der Waals surface area contributed by atoms with Gasteiger partial charge in [0.2, 0.25) is 0 Å². The van der Waals surface area contributed by atoms with Gasteiger partial charge in [-0.25, -0.2) is 0 Å². The Balaban J connectivity index is 3.82. The second-order valence-electron chi connectivity index (χ2n) is 2.91. The molecule has 0 amide bonds. The molecule has 11 heavy (non-hydrogen) atoms. The Kier molecular flexibility index (Phi) is 4.11. The maximum atomic E-state index is 11.1. The van der Waals surface area contributed by atoms with Crippen molar-refractivity contribution in [2.75, 3.05) is 6.61 Å². The Morgan fingerprint density at radius 2 is 2.09 bits per heavy atom. The lowest BCUT2D eigenvalue weighted by Crippen LogP contribution is -2.45. The highest BCUT2D eigenvalue weighted by Gasteiger charge is 2.27. The first-order valence-corrected chi connectivity index (χ1v) is 4.00. The molecular formula is C8H17NO2. The van der Waals surface area contributed by atoms with Crippen molar-refractivity contribution in [1.29, 1.82) is 0 Å². The van der Waals surface area contributed by atoms with Crippen LogP contribution in [0.4, 0.5) is 0 Å². The largest absolute Gasteiger partial charge is 0.464 e. The van der Waals surface area contributed by atoms with E-state index in [1.165, 1.54) is 0 Å². The zero-order valence-corrected chi connectivity index (χ0v) is 7.52. The lowest BCUT2D eigenvalue weighted by Gasteiger charge is -2.19. The molecule has 0 aromatic carbocycles. The first-order chi connectivity index (χ1) is 5.04. The molecule has 0 aromatic rings. The molecule has 0 aromatic heterocycles. The molecule has 66 valence electrons. The quantitative estimate of drug-likeness (QED) is 0.624. The second kappa shape index (κ2) is 4.34. The molecule has 0 unspecified atom stereocenters. The Hall–Kier alpha value is -0.570. The molecule has 0 bridgehead atoms. The van der Waals surface area contributed by atoms with Crippen molar-refractivity contribution in [3.05, 3.63) is 0 Å². The maximum absolute atomic E-state index is 11.1. The number of esters is 1. The summed E-state index contributed by atoms with van der Waals surface area (Å²) in [6.07, 6.45) is 1.45. The summed E-state index contributed by atoms with van der Waals surface area (Å²) < 4.78 is 4.88. The Labute approximate surface area is 67.9 Å². The van der Waals surface area contributed by atoms with Crippen molar-refractivity contribution < 1.29 is 9.53 Å². The van der Waals surface area contributed by atoms with E-state index in [1.54, 1.807) is 6.92 Å². The van der Waals surface area contributed by atoms with Crippen LogP contribution in [0.1, 0.15) is 33.6 Å². The summed E-state index contributed by atoms with van der Waals surface area (Å²) in [7, 11) is 0. The van der Waals surface area contributed by atoms with Crippen LogP contribution in [0.25, 0.3) is 0 Å². The van der Waals surface area contributed by atoms with Crippen LogP contribution in [0.2, 0.25) is 0 Å². The fourth-order valence-corrected chi connectivity index (χ4v) is 0.504. The van der Waals surface area contributed by atoms with Gasteiger partial charge in [0.05, 0.1) is 6.61 Å². The lowest BCUT2D eigenvalue weighted by molar-refractivity contribution is -0.149. The van der Waals surface area contributed by atoms with Gasteiger partial charge in [0.1, 0.15) is 5.54 Å². The molecule has 0 spiro atoms. The van der Waals surface area contributed by atoms with Gasteiger partial charge < -0.3 is 10.5 Å². The van der Waals surface area contributed by atoms with E-state index in [0.717, 1.165) is 6.42 Å². The highest BCUT2D eigenvalue weighted by atomic mass is 16.5. The molecule has 0 radical (unpaired) electrons. The highest BCUT2D eigenvalue weighted by Crippen LogP contribution is 2.06. The molecule has 0 rings (SSSR count). The Morgan fingerprint density at radius 3 is 2.45 bits per heavy atom. The third-order valence-corrected chi connectivity index (χ3v) is 1.64. The molecule has 3 heteroatoms. The number of rotatable bonds is 4. The van der Waals surface area contributed by atoms with Crippen LogP contribution in [-0.2, 0) is 9.53 Å². The monoisotopic (exact) mass is 159 g/mol. The second-order valence-corrected chi connectivity index (χ2v) is 2.91. The first-order valence-electron chi connectivity index (χ1n) is 4.00. The van der Waals surface area contributed by atoms with Gasteiger partial charge in [-0.3, -0.25) is 4.79 Å². The molecule has 0 aliphatic heterocycles. The molecule has 3 nitrogen and oxygen atoms in total. The van der Waals surface area contributed by atoms with E-state index < -0.39 is 5.54 Å². The van der Waals surface area contributed by atoms with Crippen LogP contribution in [-0.4, -0.2) is 18.1 Å². The SMILES string of the molecule is CCCOC(=O)[C@](C)(N)CC. The van der Waals surface area contributed by atoms with E-state index >= 15 is 0 Å². The van der Waals surface area contributed by atoms with Crippen molar-refractivity contribution in [1.82, 2.24) is 0 Å². The summed E-state index contributed by atoms with van der Waals surface area (Å²) in [5, 5.41) is 0. The Morgan fingerprint density at radius 1 is 1.55 bits per heavy atom. The number of hydrogen-bond donors (Lipinski definition) is 1. The standard InChI is InChI=1S/C8H17NO2/c1-4-6-11-7(10)8(3,9)5-2/h4-6,9H2,1-3H3/t8-/m1/s1. The average Bonchev–Trinajstić information content (AvgIpc) is 2.00. The molecule has 2 N–H and O–H groups in total. The van der Waals surface area contributed by atoms with E-state index in [-0.39, 0.29) is 5.97 Å². The van der Waals surface area contributed by atoms with Gasteiger partial charge in [-0.15, -0.1) is 0 Å². The summed E-state index contributed by atoms with van der Waals surface area (Å²) in [4.78, 5) is 11.1. The number of hydrogen-bond acceptors (Lipinski definition) is 3. The summed E-state index contributed by atoms with van der Waals surface area (Å²) >= 11 is 0. The minimum Gasteiger partial charge on any atom is -0.464 e. The third kappa shape index (κ3) is 3.37. The van der Waals surface area contributed by atoms with E-state index in [2.05, 4.69) is 0 Å².